The van der Waals surface area contributed by atoms with Crippen LogP contribution in [0.5, 0.6) is 0 Å². The number of rotatable bonds is 4. The van der Waals surface area contributed by atoms with Gasteiger partial charge in [-0.15, -0.1) is 11.3 Å². The van der Waals surface area contributed by atoms with Gasteiger partial charge in [0.15, 0.2) is 0 Å². The van der Waals surface area contributed by atoms with E-state index in [1.807, 2.05) is 24.4 Å². The molecule has 0 aliphatic carbocycles. The number of thiophene rings is 1. The van der Waals surface area contributed by atoms with Gasteiger partial charge in [-0.2, -0.15) is 0 Å². The monoisotopic (exact) mass is 298 g/mol. The molecule has 0 radical (unpaired) electrons. The molecule has 1 rings (SSSR count). The van der Waals surface area contributed by atoms with E-state index in [0.29, 0.717) is 0 Å². The molecule has 0 aromatic carbocycles. The number of carbonyl (C=O) groups excluding carboxylic acids is 1. The van der Waals surface area contributed by atoms with Gasteiger partial charge in [0.05, 0.1) is 6.04 Å². The number of carboxylic acids is 1. The third-order valence-corrected chi connectivity index (χ3v) is 4.28. The Hall–Kier alpha value is -1.56. The zero-order valence-corrected chi connectivity index (χ0v) is 13.3. The van der Waals surface area contributed by atoms with Crippen molar-refractivity contribution < 1.29 is 14.7 Å². The fraction of sp³-hybridized carbons (Fsp3) is 0.571. The summed E-state index contributed by atoms with van der Waals surface area (Å²) in [5.74, 6) is -1.02. The fourth-order valence-electron chi connectivity index (χ4n) is 1.77. The number of nitrogens with zero attached hydrogens (tertiary/aromatic N) is 1. The third kappa shape index (κ3) is 3.96. The van der Waals surface area contributed by atoms with E-state index in [0.717, 1.165) is 4.88 Å². The van der Waals surface area contributed by atoms with Gasteiger partial charge in [-0.1, -0.05) is 26.8 Å². The topological polar surface area (TPSA) is 69.6 Å². The zero-order valence-electron chi connectivity index (χ0n) is 12.5. The minimum atomic E-state index is -1.02. The molecule has 0 saturated heterocycles. The highest BCUT2D eigenvalue weighted by Crippen LogP contribution is 2.24. The summed E-state index contributed by atoms with van der Waals surface area (Å²) in [5.41, 5.74) is -0.547. The lowest BCUT2D eigenvalue weighted by molar-refractivity contribution is -0.142. The Morgan fingerprint density at radius 2 is 2.00 bits per heavy atom. The van der Waals surface area contributed by atoms with E-state index in [2.05, 4.69) is 5.32 Å². The molecule has 5 nitrogen and oxygen atoms in total. The molecule has 0 aliphatic rings. The largest absolute Gasteiger partial charge is 0.480 e. The van der Waals surface area contributed by atoms with Crippen molar-refractivity contribution in [2.75, 3.05) is 7.05 Å². The van der Waals surface area contributed by atoms with Crippen LogP contribution in [0.3, 0.4) is 0 Å². The van der Waals surface area contributed by atoms with Gasteiger partial charge < -0.3 is 15.3 Å². The van der Waals surface area contributed by atoms with Gasteiger partial charge in [-0.25, -0.2) is 9.59 Å². The Kier molecular flexibility index (Phi) is 5.16. The minimum absolute atomic E-state index is 0.0931. The Bertz CT molecular complexity index is 465. The number of carboxylic acid groups (broad SMARTS) is 1. The summed E-state index contributed by atoms with van der Waals surface area (Å²) in [6.07, 6.45) is 0. The molecule has 0 fully saturated rings. The van der Waals surface area contributed by atoms with E-state index >= 15 is 0 Å². The summed E-state index contributed by atoms with van der Waals surface area (Å²) >= 11 is 1.57. The Morgan fingerprint density at radius 1 is 1.40 bits per heavy atom. The molecule has 2 atom stereocenters. The molecule has 1 aromatic rings. The van der Waals surface area contributed by atoms with Crippen LogP contribution in [-0.2, 0) is 4.79 Å². The average Bonchev–Trinajstić information content (AvgIpc) is 2.85. The van der Waals surface area contributed by atoms with E-state index in [9.17, 15) is 14.7 Å². The summed E-state index contributed by atoms with van der Waals surface area (Å²) < 4.78 is 0. The Balaban J connectivity index is 2.77. The van der Waals surface area contributed by atoms with Crippen molar-refractivity contribution in [1.82, 2.24) is 10.2 Å². The van der Waals surface area contributed by atoms with Crippen molar-refractivity contribution in [2.24, 2.45) is 5.41 Å². The summed E-state index contributed by atoms with van der Waals surface area (Å²) in [7, 11) is 1.67. The van der Waals surface area contributed by atoms with Crippen molar-refractivity contribution in [3.05, 3.63) is 22.4 Å². The van der Waals surface area contributed by atoms with Crippen LogP contribution in [0.1, 0.15) is 38.6 Å². The summed E-state index contributed by atoms with van der Waals surface area (Å²) in [5, 5.41) is 13.8. The Labute approximate surface area is 123 Å². The third-order valence-electron chi connectivity index (χ3n) is 3.24. The normalized spacial score (nSPS) is 14.4. The summed E-state index contributed by atoms with van der Waals surface area (Å²) in [6, 6.07) is 2.49. The number of nitrogens with one attached hydrogen (secondary N) is 1. The van der Waals surface area contributed by atoms with Gasteiger partial charge in [-0.05, 0) is 23.8 Å². The van der Waals surface area contributed by atoms with Gasteiger partial charge in [0.25, 0.3) is 0 Å². The van der Waals surface area contributed by atoms with Crippen molar-refractivity contribution in [2.45, 2.75) is 39.8 Å². The lowest BCUT2D eigenvalue weighted by Crippen LogP contribution is -2.52. The number of amides is 2. The second-order valence-electron chi connectivity index (χ2n) is 5.89. The van der Waals surface area contributed by atoms with Crippen LogP contribution in [0.15, 0.2) is 17.5 Å². The van der Waals surface area contributed by atoms with Crippen molar-refractivity contribution in [3.63, 3.8) is 0 Å². The molecule has 20 heavy (non-hydrogen) atoms. The minimum Gasteiger partial charge on any atom is -0.480 e. The highest BCUT2D eigenvalue weighted by atomic mass is 32.1. The second-order valence-corrected chi connectivity index (χ2v) is 6.87. The van der Waals surface area contributed by atoms with E-state index < -0.39 is 17.4 Å². The van der Waals surface area contributed by atoms with Gasteiger partial charge >= 0.3 is 12.0 Å². The maximum Gasteiger partial charge on any atom is 0.326 e. The molecule has 2 amide bonds. The van der Waals surface area contributed by atoms with Gasteiger partial charge in [-0.3, -0.25) is 0 Å². The molecular weight excluding hydrogens is 276 g/mol. The first-order valence-electron chi connectivity index (χ1n) is 6.44. The van der Waals surface area contributed by atoms with E-state index in [-0.39, 0.29) is 12.1 Å². The van der Waals surface area contributed by atoms with Crippen molar-refractivity contribution in [1.29, 1.82) is 0 Å². The molecule has 0 bridgehead atoms. The first kappa shape index (κ1) is 16.5. The standard InChI is InChI=1S/C14H22N2O3S/c1-9(10-7-6-8-20-10)16(5)13(19)15-11(12(17)18)14(2,3)4/h6-9,11H,1-5H3,(H,15,19)(H,17,18). The lowest BCUT2D eigenvalue weighted by atomic mass is 9.87. The quantitative estimate of drug-likeness (QED) is 0.898. The average molecular weight is 298 g/mol. The number of hydrogen-bond donors (Lipinski definition) is 2. The number of hydrogen-bond acceptors (Lipinski definition) is 3. The van der Waals surface area contributed by atoms with Crippen LogP contribution < -0.4 is 5.32 Å². The van der Waals surface area contributed by atoms with Crippen LogP contribution in [0, 0.1) is 5.41 Å². The van der Waals surface area contributed by atoms with E-state index in [1.54, 1.807) is 39.2 Å². The number of aliphatic carboxylic acids is 1. The first-order valence-corrected chi connectivity index (χ1v) is 7.32. The molecule has 1 heterocycles. The maximum absolute atomic E-state index is 12.2. The van der Waals surface area contributed by atoms with Crippen LogP contribution in [0.4, 0.5) is 4.79 Å². The Morgan fingerprint density at radius 3 is 2.40 bits per heavy atom. The predicted molar refractivity (Wildman–Crippen MR) is 79.9 cm³/mol. The molecule has 2 N–H and O–H groups in total. The predicted octanol–water partition coefficient (Wildman–Crippen LogP) is 2.95. The van der Waals surface area contributed by atoms with Gasteiger partial charge in [0.1, 0.15) is 6.04 Å². The maximum atomic E-state index is 12.2. The summed E-state index contributed by atoms with van der Waals surface area (Å²) in [6.45, 7) is 7.27. The second kappa shape index (κ2) is 6.26. The van der Waals surface area contributed by atoms with E-state index in [1.165, 1.54) is 4.90 Å². The molecule has 6 heteroatoms. The molecule has 2 unspecified atom stereocenters. The fourth-order valence-corrected chi connectivity index (χ4v) is 2.60. The molecular formula is C14H22N2O3S. The van der Waals surface area contributed by atoms with Crippen LogP contribution in [-0.4, -0.2) is 35.1 Å². The molecule has 112 valence electrons. The van der Waals surface area contributed by atoms with Crippen molar-refractivity contribution >= 4 is 23.3 Å². The highest BCUT2D eigenvalue weighted by molar-refractivity contribution is 7.10. The van der Waals surface area contributed by atoms with Gasteiger partial charge in [0, 0.05) is 11.9 Å². The van der Waals surface area contributed by atoms with Crippen LogP contribution in [0.2, 0.25) is 0 Å². The molecule has 1 aromatic heterocycles. The van der Waals surface area contributed by atoms with E-state index in [4.69, 9.17) is 0 Å². The lowest BCUT2D eigenvalue weighted by Gasteiger charge is -2.31. The SMILES string of the molecule is CC(c1cccs1)N(C)C(=O)NC(C(=O)O)C(C)(C)C. The van der Waals surface area contributed by atoms with Gasteiger partial charge in [0.2, 0.25) is 0 Å². The van der Waals surface area contributed by atoms with Crippen LogP contribution in [0.25, 0.3) is 0 Å². The summed E-state index contributed by atoms with van der Waals surface area (Å²) in [4.78, 5) is 26.1. The molecule has 0 spiro atoms. The number of urea groups is 1. The zero-order chi connectivity index (χ0) is 15.5. The first-order chi connectivity index (χ1) is 9.14. The highest BCUT2D eigenvalue weighted by Gasteiger charge is 2.34. The number of carbonyl (C=O) groups is 2. The smallest absolute Gasteiger partial charge is 0.326 e. The van der Waals surface area contributed by atoms with Crippen LogP contribution >= 0.6 is 11.3 Å². The van der Waals surface area contributed by atoms with Crippen molar-refractivity contribution in [3.8, 4) is 0 Å². The molecule has 0 saturated carbocycles. The molecule has 0 aliphatic heterocycles.